The maximum absolute atomic E-state index is 13.1. The van der Waals surface area contributed by atoms with Crippen molar-refractivity contribution in [1.82, 2.24) is 0 Å². The molecule has 34 heavy (non-hydrogen) atoms. The van der Waals surface area contributed by atoms with E-state index in [4.69, 9.17) is 37.4 Å². The molecule has 1 atom stereocenters. The zero-order chi connectivity index (χ0) is 24.3. The van der Waals surface area contributed by atoms with E-state index in [0.717, 1.165) is 0 Å². The highest BCUT2D eigenvalue weighted by Gasteiger charge is 2.73. The van der Waals surface area contributed by atoms with E-state index in [1.165, 1.54) is 12.1 Å². The Hall–Kier alpha value is -3.29. The van der Waals surface area contributed by atoms with Crippen LogP contribution in [-0.2, 0) is 21.6 Å². The number of ether oxygens (including phenoxy) is 3. The summed E-state index contributed by atoms with van der Waals surface area (Å²) >= 11 is 12.8. The Morgan fingerprint density at radius 2 is 1.74 bits per heavy atom. The minimum absolute atomic E-state index is 0.0461. The fourth-order valence-electron chi connectivity index (χ4n) is 3.74. The van der Waals surface area contributed by atoms with Crippen molar-refractivity contribution in [1.29, 1.82) is 0 Å². The molecule has 9 heteroatoms. The summed E-state index contributed by atoms with van der Waals surface area (Å²) in [6, 6.07) is 19.9. The number of hydrogen-bond donors (Lipinski definition) is 0. The van der Waals surface area contributed by atoms with E-state index in [9.17, 15) is 14.9 Å². The summed E-state index contributed by atoms with van der Waals surface area (Å²) in [5.74, 6) is 0.634. The maximum Gasteiger partial charge on any atom is 0.320 e. The van der Waals surface area contributed by atoms with Crippen LogP contribution in [0.1, 0.15) is 24.5 Å². The quantitative estimate of drug-likeness (QED) is 0.147. The normalized spacial score (nSPS) is 18.1. The number of hydrogen-bond acceptors (Lipinski definition) is 6. The lowest BCUT2D eigenvalue weighted by molar-refractivity contribution is -0.385. The highest BCUT2D eigenvalue weighted by molar-refractivity contribution is 6.54. The molecule has 0 bridgehead atoms. The first-order valence-corrected chi connectivity index (χ1v) is 11.3. The predicted octanol–water partition coefficient (Wildman–Crippen LogP) is 6.34. The van der Waals surface area contributed by atoms with Crippen LogP contribution in [0.2, 0.25) is 0 Å². The van der Waals surface area contributed by atoms with Gasteiger partial charge in [0.05, 0.1) is 11.5 Å². The summed E-state index contributed by atoms with van der Waals surface area (Å²) in [5.41, 5.74) is -0.0217. The Labute approximate surface area is 206 Å². The average Bonchev–Trinajstić information content (AvgIpc) is 3.42. The molecule has 1 saturated carbocycles. The van der Waals surface area contributed by atoms with Crippen molar-refractivity contribution in [2.45, 2.75) is 29.7 Å². The molecule has 0 heterocycles. The first kappa shape index (κ1) is 23.9. The smallest absolute Gasteiger partial charge is 0.320 e. The monoisotopic (exact) mass is 501 g/mol. The largest absolute Gasteiger partial charge is 0.494 e. The SMILES string of the molecule is CCOc1ccc(C2(C(=O)OCc3cccc(Oc4ccccc4[N+](=O)[O-])c3)CC2(Cl)Cl)cc1. The molecule has 1 aliphatic rings. The van der Waals surface area contributed by atoms with Crippen LogP contribution in [-0.4, -0.2) is 21.8 Å². The van der Waals surface area contributed by atoms with Gasteiger partial charge in [-0.05, 0) is 48.4 Å². The number of nitrogens with zero attached hydrogens (tertiary/aromatic N) is 1. The molecule has 0 saturated heterocycles. The number of para-hydroxylation sites is 2. The van der Waals surface area contributed by atoms with Crippen LogP contribution in [0, 0.1) is 10.1 Å². The third kappa shape index (κ3) is 4.67. The fraction of sp³-hybridized carbons (Fsp3) is 0.240. The van der Waals surface area contributed by atoms with Gasteiger partial charge in [0.15, 0.2) is 0 Å². The number of nitro benzene ring substituents is 1. The summed E-state index contributed by atoms with van der Waals surface area (Å²) in [6.07, 6.45) is 0.233. The maximum atomic E-state index is 13.1. The Balaban J connectivity index is 1.47. The van der Waals surface area contributed by atoms with E-state index >= 15 is 0 Å². The zero-order valence-corrected chi connectivity index (χ0v) is 19.7. The van der Waals surface area contributed by atoms with Crippen LogP contribution in [0.15, 0.2) is 72.8 Å². The minimum atomic E-state index is -1.27. The molecule has 0 amide bonds. The van der Waals surface area contributed by atoms with E-state index in [2.05, 4.69) is 0 Å². The van der Waals surface area contributed by atoms with Crippen LogP contribution in [0.5, 0.6) is 17.2 Å². The second kappa shape index (κ2) is 9.52. The molecular formula is C25H21Cl2NO6. The fourth-order valence-corrected chi connectivity index (χ4v) is 4.51. The summed E-state index contributed by atoms with van der Waals surface area (Å²) in [6.45, 7) is 2.37. The van der Waals surface area contributed by atoms with Gasteiger partial charge in [0, 0.05) is 12.5 Å². The molecule has 3 aromatic carbocycles. The molecule has 4 rings (SSSR count). The van der Waals surface area contributed by atoms with Crippen LogP contribution in [0.3, 0.4) is 0 Å². The molecule has 7 nitrogen and oxygen atoms in total. The van der Waals surface area contributed by atoms with Crippen molar-refractivity contribution in [3.63, 3.8) is 0 Å². The van der Waals surface area contributed by atoms with E-state index in [1.54, 1.807) is 60.7 Å². The molecule has 0 aromatic heterocycles. The van der Waals surface area contributed by atoms with E-state index in [1.807, 2.05) is 6.92 Å². The number of rotatable bonds is 9. The van der Waals surface area contributed by atoms with E-state index in [0.29, 0.717) is 29.2 Å². The molecule has 0 spiro atoms. The van der Waals surface area contributed by atoms with Gasteiger partial charge in [-0.15, -0.1) is 0 Å². The number of carbonyl (C=O) groups excluding carboxylic acids is 1. The molecule has 0 radical (unpaired) electrons. The lowest BCUT2D eigenvalue weighted by atomic mass is 9.96. The van der Waals surface area contributed by atoms with Gasteiger partial charge in [0.2, 0.25) is 5.75 Å². The lowest BCUT2D eigenvalue weighted by Crippen LogP contribution is -2.28. The van der Waals surface area contributed by atoms with Gasteiger partial charge in [-0.1, -0.05) is 59.6 Å². The Morgan fingerprint density at radius 3 is 2.38 bits per heavy atom. The number of nitro groups is 1. The molecule has 0 aliphatic heterocycles. The van der Waals surface area contributed by atoms with Crippen molar-refractivity contribution in [3.8, 4) is 17.2 Å². The molecule has 1 fully saturated rings. The van der Waals surface area contributed by atoms with Gasteiger partial charge in [0.25, 0.3) is 0 Å². The van der Waals surface area contributed by atoms with Gasteiger partial charge < -0.3 is 14.2 Å². The third-order valence-electron chi connectivity index (χ3n) is 5.55. The van der Waals surface area contributed by atoms with Gasteiger partial charge in [-0.2, -0.15) is 0 Å². The number of alkyl halides is 2. The predicted molar refractivity (Wildman–Crippen MR) is 128 cm³/mol. The van der Waals surface area contributed by atoms with E-state index in [-0.39, 0.29) is 24.5 Å². The van der Waals surface area contributed by atoms with Crippen LogP contribution in [0.25, 0.3) is 0 Å². The number of esters is 1. The number of halogens is 2. The van der Waals surface area contributed by atoms with Gasteiger partial charge in [0.1, 0.15) is 27.9 Å². The van der Waals surface area contributed by atoms with Crippen molar-refractivity contribution < 1.29 is 23.9 Å². The molecule has 1 unspecified atom stereocenters. The lowest BCUT2D eigenvalue weighted by Gasteiger charge is -2.18. The summed E-state index contributed by atoms with van der Waals surface area (Å²) in [5, 5.41) is 11.2. The first-order chi connectivity index (χ1) is 16.3. The van der Waals surface area contributed by atoms with Gasteiger partial charge in [-0.25, -0.2) is 0 Å². The highest BCUT2D eigenvalue weighted by Crippen LogP contribution is 2.65. The van der Waals surface area contributed by atoms with Crippen LogP contribution >= 0.6 is 23.2 Å². The summed E-state index contributed by atoms with van der Waals surface area (Å²) < 4.78 is 15.5. The standard InChI is InChI=1S/C25H21Cl2NO6/c1-2-32-19-12-10-18(11-13-19)24(16-25(24,26)27)23(29)33-15-17-6-5-7-20(14-17)34-22-9-4-3-8-21(22)28(30)31/h3-14H,2,15-16H2,1H3. The second-order valence-corrected chi connectivity index (χ2v) is 9.28. The summed E-state index contributed by atoms with van der Waals surface area (Å²) in [7, 11) is 0. The van der Waals surface area contributed by atoms with E-state index < -0.39 is 20.6 Å². The number of benzene rings is 3. The van der Waals surface area contributed by atoms with Crippen molar-refractivity contribution in [2.75, 3.05) is 6.61 Å². The molecule has 176 valence electrons. The molecule has 0 N–H and O–H groups in total. The van der Waals surface area contributed by atoms with Crippen molar-refractivity contribution >= 4 is 34.9 Å². The third-order valence-corrected chi connectivity index (χ3v) is 6.46. The Morgan fingerprint density at radius 1 is 1.03 bits per heavy atom. The Kier molecular flexibility index (Phi) is 6.68. The molecule has 3 aromatic rings. The highest BCUT2D eigenvalue weighted by atomic mass is 35.5. The van der Waals surface area contributed by atoms with Crippen LogP contribution < -0.4 is 9.47 Å². The molecular weight excluding hydrogens is 481 g/mol. The number of carbonyl (C=O) groups is 1. The van der Waals surface area contributed by atoms with Crippen molar-refractivity contribution in [2.24, 2.45) is 0 Å². The topological polar surface area (TPSA) is 87.9 Å². The Bertz CT molecular complexity index is 1210. The van der Waals surface area contributed by atoms with Crippen LogP contribution in [0.4, 0.5) is 5.69 Å². The second-order valence-electron chi connectivity index (χ2n) is 7.79. The van der Waals surface area contributed by atoms with Gasteiger partial charge >= 0.3 is 11.7 Å². The first-order valence-electron chi connectivity index (χ1n) is 10.6. The average molecular weight is 502 g/mol. The van der Waals surface area contributed by atoms with Crippen molar-refractivity contribution in [3.05, 3.63) is 94.0 Å². The minimum Gasteiger partial charge on any atom is -0.494 e. The zero-order valence-electron chi connectivity index (χ0n) is 18.2. The molecule has 1 aliphatic carbocycles. The summed E-state index contributed by atoms with van der Waals surface area (Å²) in [4.78, 5) is 23.8. The van der Waals surface area contributed by atoms with Gasteiger partial charge in [-0.3, -0.25) is 14.9 Å².